The number of aromatic amines is 3. The predicted octanol–water partition coefficient (Wildman–Crippen LogP) is 19.4. The largest absolute Gasteiger partial charge is 0.497 e. The number of amides is 2. The first kappa shape index (κ1) is 110. The van der Waals surface area contributed by atoms with Crippen LogP contribution in [0.1, 0.15) is 154 Å². The number of aromatic nitrogens is 15. The van der Waals surface area contributed by atoms with E-state index in [1.807, 2.05) is 169 Å². The highest BCUT2D eigenvalue weighted by atomic mass is 35.5. The van der Waals surface area contributed by atoms with Gasteiger partial charge in [0.25, 0.3) is 23.4 Å². The van der Waals surface area contributed by atoms with Crippen LogP contribution in [-0.2, 0) is 30.3 Å². The molecule has 0 saturated carbocycles. The molecule has 0 spiro atoms. The number of H-pyrrole nitrogens is 3. The second-order valence-corrected chi connectivity index (χ2v) is 33.5. The predicted molar refractivity (Wildman–Crippen MR) is 563 cm³/mol. The van der Waals surface area contributed by atoms with Crippen LogP contribution in [0.4, 0.5) is 46.0 Å². The molecule has 5 aromatic carbocycles. The number of anilines is 8. The molecule has 36 nitrogen and oxygen atoms in total. The van der Waals surface area contributed by atoms with Crippen LogP contribution in [0, 0.1) is 17.2 Å². The van der Waals surface area contributed by atoms with Gasteiger partial charge in [0.15, 0.2) is 23.3 Å². The van der Waals surface area contributed by atoms with Gasteiger partial charge < -0.3 is 92.4 Å². The lowest BCUT2D eigenvalue weighted by Crippen LogP contribution is -2.23. The number of pyridine rings is 4. The lowest BCUT2D eigenvalue weighted by molar-refractivity contribution is -0.150. The number of methoxy groups -OCH3 is 5. The summed E-state index contributed by atoms with van der Waals surface area (Å²) in [5, 5.41) is 22.8. The number of primary amides is 2. The standard InChI is InChI=1S/2C23H22N6O3.C21H21N5O.C14H15ClN2O.C8H10N2O.C8H14O3.C7H9N3.2ClH/c2*1-12(2)15-10-26-21(13-4-6-14(32-3)7-5-13)29-22(15)28-17-8-9-25-23-18(17)16(11-27-23)19(30)20(24)31;1-13(2)17-12-24-19(14-4-6-15(27-3)7-5-14)26-21(17)25-18-9-11-23-20-16(18)8-10-22-20;1-9(2)12-8-16-14(17-13(12)15)10-4-6-11(18-3)7-5-10;1-11-7-4-2-6(3-5-7)8(9)10;1-4-11-8(10)7(5-9)6(2)3;8-6-2-4-10-7-5(6)1-3-9-7;;/h2*4-12H,1-3H3,(H2,24,31)(H2,25,26,27,28,29);4-13H,1-3H3,(H2,22,23,24,25,26);4-9H,1-3H3;2-5H,1H3,(H3,9,10);5-7H,4H2,1-3H3;2,4H,1,3H2,(H3,8,9,10);2*1H. The molecule has 0 radical (unpaired) electrons. The van der Waals surface area contributed by atoms with Crippen molar-refractivity contribution in [2.75, 3.05) is 75.7 Å². The summed E-state index contributed by atoms with van der Waals surface area (Å²) in [4.78, 5) is 131. The number of benzene rings is 5. The van der Waals surface area contributed by atoms with Gasteiger partial charge in [0, 0.05) is 141 Å². The molecule has 1 atom stereocenters. The van der Waals surface area contributed by atoms with Gasteiger partial charge in [-0.2, -0.15) is 0 Å². The topological polar surface area (TPSA) is 536 Å². The third-order valence-corrected chi connectivity index (χ3v) is 22.3. The number of carbonyl (C=O) groups excluding carboxylic acids is 6. The van der Waals surface area contributed by atoms with E-state index in [-0.39, 0.29) is 59.5 Å². The van der Waals surface area contributed by atoms with Crippen LogP contribution in [0.25, 0.3) is 78.7 Å². The first-order valence-corrected chi connectivity index (χ1v) is 45.3. The molecule has 143 heavy (non-hydrogen) atoms. The molecule has 16 N–H and O–H groups in total. The van der Waals surface area contributed by atoms with Gasteiger partial charge in [-0.25, -0.2) is 59.8 Å². The molecule has 0 aliphatic carbocycles. The zero-order valence-electron chi connectivity index (χ0n) is 81.7. The summed E-state index contributed by atoms with van der Waals surface area (Å²) in [5.41, 5.74) is 35.6. The lowest BCUT2D eigenvalue weighted by atomic mass is 9.98. The second kappa shape index (κ2) is 52.4. The summed E-state index contributed by atoms with van der Waals surface area (Å²) in [6.07, 6.45) is 20.4. The molecular weight excluding hydrogens is 1880 g/mol. The Hall–Kier alpha value is -16.6. The fraction of sp³-hybridized carbons (Fsp3) is 0.240. The Morgan fingerprint density at radius 3 is 1.13 bits per heavy atom. The van der Waals surface area contributed by atoms with Gasteiger partial charge in [0.1, 0.15) is 92.2 Å². The SMILES string of the molecule is CCOC(=O)C(C=O)C(C)C.COc1ccc(-c2ncc(C(C)C)c(Cl)n2)cc1.COc1ccc(-c2ncc(C(C)C)c(Nc3ccnc4[nH]cc(C(=O)C(N)=O)c34)n2)cc1.COc1ccc(-c2ncc(C(C)C)c(Nc3ccnc4[nH]cc(C(=O)C(N)=O)c34)n2)cc1.COc1ccc(-c2ncc(C(C)C)c(Nc3ccnc4[nH]ccc34)n2)cc1.COc1ccc(C(=N)N)cc1.Cl.Cl.Nc1ccnc2c1CCN2. The van der Waals surface area contributed by atoms with Gasteiger partial charge in [-0.3, -0.25) is 29.4 Å². The molecule has 11 aromatic heterocycles. The highest BCUT2D eigenvalue weighted by Crippen LogP contribution is 2.38. The van der Waals surface area contributed by atoms with Crippen molar-refractivity contribution >= 4 is 157 Å². The number of amidine groups is 1. The van der Waals surface area contributed by atoms with E-state index >= 15 is 0 Å². The van der Waals surface area contributed by atoms with Crippen molar-refractivity contribution in [2.45, 2.75) is 106 Å². The molecule has 0 fully saturated rings. The highest BCUT2D eigenvalue weighted by Gasteiger charge is 2.27. The molecule has 1 unspecified atom stereocenters. The number of carbonyl (C=O) groups is 6. The number of aldehydes is 1. The van der Waals surface area contributed by atoms with Crippen LogP contribution in [-0.4, -0.2) is 165 Å². The minimum atomic E-state index is -1.03. The Morgan fingerprint density at radius 2 is 0.797 bits per heavy atom. The van der Waals surface area contributed by atoms with Gasteiger partial charge in [-0.1, -0.05) is 80.8 Å². The van der Waals surface area contributed by atoms with Crippen molar-refractivity contribution < 1.29 is 57.2 Å². The molecular formula is C104H115Cl3N24O12. The first-order chi connectivity index (χ1) is 67.8. The summed E-state index contributed by atoms with van der Waals surface area (Å²) in [7, 11) is 8.11. The molecule has 12 heterocycles. The molecule has 0 bridgehead atoms. The number of Topliss-reactive ketones (excluding diaryl/α,β-unsaturated/α-hetero) is 2. The zero-order chi connectivity index (χ0) is 102. The number of nitrogens with one attached hydrogen (secondary N) is 8. The Kier molecular flexibility index (Phi) is 40.3. The van der Waals surface area contributed by atoms with E-state index in [1.165, 1.54) is 18.0 Å². The zero-order valence-corrected chi connectivity index (χ0v) is 84.1. The van der Waals surface area contributed by atoms with E-state index < -0.39 is 35.3 Å². The summed E-state index contributed by atoms with van der Waals surface area (Å²) < 4.78 is 30.4. The number of esters is 1. The number of rotatable bonds is 28. The smallest absolute Gasteiger partial charge is 0.316 e. The number of hydrogen-bond donors (Lipinski definition) is 12. The summed E-state index contributed by atoms with van der Waals surface area (Å²) in [6, 6.07) is 46.5. The average Bonchev–Trinajstić information content (AvgIpc) is 1.64. The molecule has 17 rings (SSSR count). The van der Waals surface area contributed by atoms with Crippen molar-refractivity contribution in [3.63, 3.8) is 0 Å². The van der Waals surface area contributed by atoms with E-state index in [1.54, 1.807) is 122 Å². The van der Waals surface area contributed by atoms with Crippen LogP contribution >= 0.6 is 36.4 Å². The number of ketones is 2. The third kappa shape index (κ3) is 28.6. The monoisotopic (exact) mass is 2000 g/mol. The van der Waals surface area contributed by atoms with Crippen LogP contribution in [0.15, 0.2) is 220 Å². The van der Waals surface area contributed by atoms with Crippen molar-refractivity contribution in [3.05, 3.63) is 269 Å². The Morgan fingerprint density at radius 1 is 0.448 bits per heavy atom. The van der Waals surface area contributed by atoms with Crippen molar-refractivity contribution in [1.29, 1.82) is 5.41 Å². The number of hydrogen-bond acceptors (Lipinski definition) is 30. The minimum Gasteiger partial charge on any atom is -0.497 e. The minimum absolute atomic E-state index is 0. The van der Waals surface area contributed by atoms with Crippen molar-refractivity contribution in [2.24, 2.45) is 29.0 Å². The van der Waals surface area contributed by atoms with Gasteiger partial charge in [0.05, 0.1) is 81.1 Å². The molecule has 1 aliphatic rings. The van der Waals surface area contributed by atoms with Crippen LogP contribution in [0.5, 0.6) is 28.7 Å². The van der Waals surface area contributed by atoms with E-state index in [4.69, 9.17) is 78.6 Å². The molecule has 744 valence electrons. The van der Waals surface area contributed by atoms with Crippen molar-refractivity contribution in [1.82, 2.24) is 74.8 Å². The van der Waals surface area contributed by atoms with Crippen LogP contribution in [0.2, 0.25) is 5.15 Å². The van der Waals surface area contributed by atoms with Crippen molar-refractivity contribution in [3.8, 4) is 74.3 Å². The van der Waals surface area contributed by atoms with E-state index in [0.29, 0.717) is 104 Å². The number of nitrogens with zero attached hydrogens (tertiary/aromatic N) is 12. The lowest BCUT2D eigenvalue weighted by Gasteiger charge is -2.15. The Labute approximate surface area is 844 Å². The maximum Gasteiger partial charge on any atom is 0.316 e. The summed E-state index contributed by atoms with van der Waals surface area (Å²) in [6.45, 7) is 23.2. The highest BCUT2D eigenvalue weighted by molar-refractivity contribution is 6.45. The maximum absolute atomic E-state index is 12.3. The maximum atomic E-state index is 12.3. The fourth-order valence-corrected chi connectivity index (χ4v) is 14.5. The summed E-state index contributed by atoms with van der Waals surface area (Å²) in [5.74, 6) is 5.49. The average molecular weight is 2000 g/mol. The summed E-state index contributed by atoms with van der Waals surface area (Å²) >= 11 is 6.16. The van der Waals surface area contributed by atoms with E-state index in [9.17, 15) is 28.8 Å². The molecule has 39 heteroatoms. The fourth-order valence-electron chi connectivity index (χ4n) is 14.1. The van der Waals surface area contributed by atoms with Crippen LogP contribution in [0.3, 0.4) is 0 Å². The van der Waals surface area contributed by atoms with Gasteiger partial charge in [-0.05, 0) is 195 Å². The first-order valence-electron chi connectivity index (χ1n) is 44.9. The number of fused-ring (bicyclic) bond motifs is 4. The van der Waals surface area contributed by atoms with Crippen LogP contribution < -0.4 is 67.9 Å². The third-order valence-electron chi connectivity index (χ3n) is 22.0. The number of nitrogens with two attached hydrogens (primary N) is 4. The van der Waals surface area contributed by atoms with Gasteiger partial charge in [-0.15, -0.1) is 24.8 Å². The molecule has 16 aromatic rings. The second-order valence-electron chi connectivity index (χ2n) is 33.1. The van der Waals surface area contributed by atoms with Gasteiger partial charge >= 0.3 is 5.97 Å². The Balaban J connectivity index is 0.000000194. The number of nitrogen functional groups attached to an aromatic ring is 2. The normalized spacial score (nSPS) is 11.1. The quantitative estimate of drug-likeness (QED) is 0.00317. The molecule has 0 saturated heterocycles. The Bertz CT molecular complexity index is 6830. The van der Waals surface area contributed by atoms with E-state index in [2.05, 4.69) is 114 Å². The molecule has 2 amide bonds. The molecule has 1 aliphatic heterocycles. The number of halogens is 3. The number of ether oxygens (including phenoxy) is 6. The van der Waals surface area contributed by atoms with Gasteiger partial charge in [0.2, 0.25) is 0 Å². The van der Waals surface area contributed by atoms with E-state index in [0.717, 1.165) is 120 Å².